The van der Waals surface area contributed by atoms with E-state index in [0.29, 0.717) is 29.4 Å². The fourth-order valence-corrected chi connectivity index (χ4v) is 3.72. The second kappa shape index (κ2) is 7.20. The number of amides is 1. The summed E-state index contributed by atoms with van der Waals surface area (Å²) >= 11 is 1.23. The van der Waals surface area contributed by atoms with Crippen LogP contribution in [0.1, 0.15) is 0 Å². The molecule has 26 heavy (non-hydrogen) atoms. The maximum atomic E-state index is 12.5. The van der Waals surface area contributed by atoms with Crippen LogP contribution in [0.2, 0.25) is 0 Å². The van der Waals surface area contributed by atoms with Crippen molar-refractivity contribution < 1.29 is 4.79 Å². The molecule has 0 bridgehead atoms. The minimum atomic E-state index is -0.279. The van der Waals surface area contributed by atoms with Gasteiger partial charge in [0, 0.05) is 31.9 Å². The number of aromatic amines is 2. The van der Waals surface area contributed by atoms with Gasteiger partial charge in [-0.3, -0.25) is 14.6 Å². The molecule has 3 aromatic rings. The Balaban J connectivity index is 1.33. The van der Waals surface area contributed by atoms with Crippen LogP contribution in [0.25, 0.3) is 11.2 Å². The molecule has 0 saturated carbocycles. The summed E-state index contributed by atoms with van der Waals surface area (Å²) in [5.41, 5.74) is 1.61. The van der Waals surface area contributed by atoms with Gasteiger partial charge in [0.25, 0.3) is 5.56 Å². The second-order valence-electron chi connectivity index (χ2n) is 5.96. The highest BCUT2D eigenvalue weighted by atomic mass is 32.2. The number of hydrogen-bond acceptors (Lipinski definition) is 6. The fourth-order valence-electron chi connectivity index (χ4n) is 2.97. The van der Waals surface area contributed by atoms with Gasteiger partial charge in [0.2, 0.25) is 5.91 Å². The van der Waals surface area contributed by atoms with Crippen LogP contribution >= 0.6 is 11.8 Å². The zero-order valence-electron chi connectivity index (χ0n) is 14.0. The van der Waals surface area contributed by atoms with Gasteiger partial charge >= 0.3 is 0 Å². The van der Waals surface area contributed by atoms with Crippen LogP contribution in [-0.4, -0.2) is 62.7 Å². The number of imidazole rings is 1. The third-order valence-electron chi connectivity index (χ3n) is 4.36. The van der Waals surface area contributed by atoms with Crippen molar-refractivity contribution in [2.24, 2.45) is 0 Å². The Labute approximate surface area is 153 Å². The van der Waals surface area contributed by atoms with Crippen molar-refractivity contribution in [1.82, 2.24) is 24.8 Å². The fraction of sp³-hybridized carbons (Fsp3) is 0.294. The Kier molecular flexibility index (Phi) is 4.61. The van der Waals surface area contributed by atoms with Crippen molar-refractivity contribution in [2.45, 2.75) is 5.16 Å². The summed E-state index contributed by atoms with van der Waals surface area (Å²) in [5, 5.41) is 0.408. The number of benzene rings is 1. The number of H-pyrrole nitrogens is 2. The molecule has 2 N–H and O–H groups in total. The summed E-state index contributed by atoms with van der Waals surface area (Å²) in [6, 6.07) is 10.2. The van der Waals surface area contributed by atoms with E-state index in [1.54, 1.807) is 0 Å². The number of carbonyl (C=O) groups excluding carboxylic acids is 1. The minimum absolute atomic E-state index is 0.0486. The van der Waals surface area contributed by atoms with Gasteiger partial charge in [-0.2, -0.15) is 0 Å². The van der Waals surface area contributed by atoms with Crippen molar-refractivity contribution in [1.29, 1.82) is 0 Å². The molecular weight excluding hydrogens is 352 g/mol. The van der Waals surface area contributed by atoms with Gasteiger partial charge in [0.15, 0.2) is 16.3 Å². The summed E-state index contributed by atoms with van der Waals surface area (Å²) in [6.07, 6.45) is 1.43. The van der Waals surface area contributed by atoms with Crippen molar-refractivity contribution in [3.63, 3.8) is 0 Å². The summed E-state index contributed by atoms with van der Waals surface area (Å²) in [5.74, 6) is 0.289. The van der Waals surface area contributed by atoms with E-state index in [0.717, 1.165) is 13.1 Å². The molecule has 0 unspecified atom stereocenters. The van der Waals surface area contributed by atoms with Gasteiger partial charge in [-0.25, -0.2) is 9.97 Å². The summed E-state index contributed by atoms with van der Waals surface area (Å²) in [4.78, 5) is 42.1. The Bertz CT molecular complexity index is 962. The maximum absolute atomic E-state index is 12.5. The first-order valence-electron chi connectivity index (χ1n) is 8.35. The van der Waals surface area contributed by atoms with Gasteiger partial charge in [0.1, 0.15) is 0 Å². The molecule has 4 rings (SSSR count). The summed E-state index contributed by atoms with van der Waals surface area (Å²) in [7, 11) is 0. The van der Waals surface area contributed by atoms with Crippen molar-refractivity contribution in [2.75, 3.05) is 36.8 Å². The molecule has 1 amide bonds. The number of hydrogen-bond donors (Lipinski definition) is 2. The predicted octanol–water partition coefficient (Wildman–Crippen LogP) is 1.09. The number of para-hydroxylation sites is 1. The van der Waals surface area contributed by atoms with E-state index in [1.165, 1.54) is 23.8 Å². The third kappa shape index (κ3) is 3.43. The topological polar surface area (TPSA) is 98.0 Å². The van der Waals surface area contributed by atoms with E-state index >= 15 is 0 Å². The van der Waals surface area contributed by atoms with Gasteiger partial charge in [-0.1, -0.05) is 30.0 Å². The van der Waals surface area contributed by atoms with Crippen LogP contribution < -0.4 is 10.5 Å². The number of nitrogens with one attached hydrogen (secondary N) is 2. The van der Waals surface area contributed by atoms with Crippen molar-refractivity contribution >= 4 is 34.5 Å². The van der Waals surface area contributed by atoms with E-state index in [1.807, 2.05) is 23.1 Å². The molecule has 1 aliphatic rings. The van der Waals surface area contributed by atoms with Crippen molar-refractivity contribution in [3.05, 3.63) is 47.0 Å². The van der Waals surface area contributed by atoms with E-state index < -0.39 is 0 Å². The smallest absolute Gasteiger partial charge is 0.277 e. The summed E-state index contributed by atoms with van der Waals surface area (Å²) < 4.78 is 0. The zero-order chi connectivity index (χ0) is 17.9. The molecule has 0 radical (unpaired) electrons. The molecule has 134 valence electrons. The molecule has 2 aromatic heterocycles. The van der Waals surface area contributed by atoms with Crippen LogP contribution in [0.5, 0.6) is 0 Å². The number of carbonyl (C=O) groups is 1. The molecule has 9 heteroatoms. The number of piperazine rings is 1. The monoisotopic (exact) mass is 370 g/mol. The number of nitrogens with zero attached hydrogens (tertiary/aromatic N) is 4. The van der Waals surface area contributed by atoms with Crippen LogP contribution in [0.15, 0.2) is 46.6 Å². The Morgan fingerprint density at radius 2 is 1.92 bits per heavy atom. The van der Waals surface area contributed by atoms with Gasteiger partial charge in [-0.15, -0.1) is 0 Å². The minimum Gasteiger partial charge on any atom is -0.368 e. The second-order valence-corrected chi connectivity index (χ2v) is 6.93. The Morgan fingerprint density at radius 3 is 2.69 bits per heavy atom. The lowest BCUT2D eigenvalue weighted by atomic mass is 10.2. The van der Waals surface area contributed by atoms with Crippen molar-refractivity contribution in [3.8, 4) is 0 Å². The van der Waals surface area contributed by atoms with Crippen LogP contribution in [0.4, 0.5) is 5.69 Å². The maximum Gasteiger partial charge on any atom is 0.277 e. The third-order valence-corrected chi connectivity index (χ3v) is 5.22. The first-order valence-corrected chi connectivity index (χ1v) is 9.33. The predicted molar refractivity (Wildman–Crippen MR) is 100 cm³/mol. The molecule has 1 aromatic carbocycles. The molecule has 1 aliphatic heterocycles. The average molecular weight is 370 g/mol. The van der Waals surface area contributed by atoms with Crippen LogP contribution in [0.3, 0.4) is 0 Å². The van der Waals surface area contributed by atoms with E-state index in [4.69, 9.17) is 0 Å². The molecule has 3 heterocycles. The zero-order valence-corrected chi connectivity index (χ0v) is 14.8. The summed E-state index contributed by atoms with van der Waals surface area (Å²) in [6.45, 7) is 3.01. The number of anilines is 1. The largest absolute Gasteiger partial charge is 0.368 e. The average Bonchev–Trinajstić information content (AvgIpc) is 3.16. The molecule has 0 spiro atoms. The quantitative estimate of drug-likeness (QED) is 0.527. The lowest BCUT2D eigenvalue weighted by Crippen LogP contribution is -2.49. The van der Waals surface area contributed by atoms with E-state index in [-0.39, 0.29) is 17.2 Å². The number of aromatic nitrogens is 4. The highest BCUT2D eigenvalue weighted by Crippen LogP contribution is 2.17. The van der Waals surface area contributed by atoms with Gasteiger partial charge < -0.3 is 14.8 Å². The SMILES string of the molecule is O=C(CSc1nc2nc[nH]c2c(=O)[nH]1)N1CCN(c2ccccc2)CC1. The number of fused-ring (bicyclic) bond motifs is 1. The van der Waals surface area contributed by atoms with Gasteiger partial charge in [0.05, 0.1) is 12.1 Å². The lowest BCUT2D eigenvalue weighted by molar-refractivity contribution is -0.128. The highest BCUT2D eigenvalue weighted by molar-refractivity contribution is 7.99. The Hall–Kier alpha value is -2.81. The molecule has 1 saturated heterocycles. The van der Waals surface area contributed by atoms with E-state index in [9.17, 15) is 9.59 Å². The van der Waals surface area contributed by atoms with E-state index in [2.05, 4.69) is 37.0 Å². The lowest BCUT2D eigenvalue weighted by Gasteiger charge is -2.36. The standard InChI is InChI=1S/C17H18N6O2S/c24-13(10-26-17-20-15-14(16(25)21-17)18-11-19-15)23-8-6-22(7-9-23)12-4-2-1-3-5-12/h1-5,11H,6-10H2,(H2,18,19,20,21,25). The van der Waals surface area contributed by atoms with Crippen LogP contribution in [-0.2, 0) is 4.79 Å². The molecule has 0 atom stereocenters. The normalized spacial score (nSPS) is 14.8. The molecule has 0 aliphatic carbocycles. The first kappa shape index (κ1) is 16.6. The Morgan fingerprint density at radius 1 is 1.15 bits per heavy atom. The van der Waals surface area contributed by atoms with Gasteiger partial charge in [-0.05, 0) is 12.1 Å². The first-order chi connectivity index (χ1) is 12.7. The number of thioether (sulfide) groups is 1. The van der Waals surface area contributed by atoms with Crippen LogP contribution in [0, 0.1) is 0 Å². The molecular formula is C17H18N6O2S. The highest BCUT2D eigenvalue weighted by Gasteiger charge is 2.21. The molecule has 8 nitrogen and oxygen atoms in total. The number of rotatable bonds is 4. The molecule has 1 fully saturated rings.